The van der Waals surface area contributed by atoms with Crippen LogP contribution >= 0.6 is 0 Å². The summed E-state index contributed by atoms with van der Waals surface area (Å²) in [5.41, 5.74) is 2.85. The van der Waals surface area contributed by atoms with Gasteiger partial charge in [-0.05, 0) is 55.4 Å². The van der Waals surface area contributed by atoms with Gasteiger partial charge in [0.05, 0.1) is 4.90 Å². The lowest BCUT2D eigenvalue weighted by atomic mass is 9.85. The standard InChI is InChI=1S/C20H34O3S/c1-5-7-9-10-11-13-18(12-8-6-2)19-15-20(24(21,22)23)17(4)14-16(19)3/h14-15,18H,5-13H2,1-4H3,(H,21,22,23). The molecule has 4 heteroatoms. The van der Waals surface area contributed by atoms with Gasteiger partial charge in [0.15, 0.2) is 0 Å². The van der Waals surface area contributed by atoms with E-state index in [0.717, 1.165) is 36.8 Å². The van der Waals surface area contributed by atoms with Crippen molar-refractivity contribution >= 4 is 10.1 Å². The van der Waals surface area contributed by atoms with Crippen LogP contribution in [0.1, 0.15) is 94.2 Å². The molecule has 0 bridgehead atoms. The van der Waals surface area contributed by atoms with E-state index in [1.165, 1.54) is 32.1 Å². The Morgan fingerprint density at radius 1 is 0.875 bits per heavy atom. The first-order valence-electron chi connectivity index (χ1n) is 9.39. The van der Waals surface area contributed by atoms with Crippen molar-refractivity contribution in [3.63, 3.8) is 0 Å². The number of hydrogen-bond acceptors (Lipinski definition) is 2. The molecule has 0 amide bonds. The first-order chi connectivity index (χ1) is 11.3. The molecule has 1 N–H and O–H groups in total. The molecule has 0 aliphatic heterocycles. The fourth-order valence-electron chi connectivity index (χ4n) is 3.47. The highest BCUT2D eigenvalue weighted by Gasteiger charge is 2.20. The van der Waals surface area contributed by atoms with Gasteiger partial charge in [0.2, 0.25) is 0 Å². The van der Waals surface area contributed by atoms with Crippen molar-refractivity contribution in [2.45, 2.75) is 96.3 Å². The van der Waals surface area contributed by atoms with E-state index in [9.17, 15) is 13.0 Å². The molecule has 1 unspecified atom stereocenters. The number of unbranched alkanes of at least 4 members (excludes halogenated alkanes) is 5. The van der Waals surface area contributed by atoms with Gasteiger partial charge >= 0.3 is 0 Å². The van der Waals surface area contributed by atoms with Gasteiger partial charge in [-0.1, -0.05) is 64.9 Å². The Kier molecular flexibility index (Phi) is 8.99. The van der Waals surface area contributed by atoms with Gasteiger partial charge in [0.1, 0.15) is 0 Å². The van der Waals surface area contributed by atoms with Crippen LogP contribution < -0.4 is 0 Å². The van der Waals surface area contributed by atoms with E-state index in [2.05, 4.69) is 13.8 Å². The molecule has 1 rings (SSSR count). The average Bonchev–Trinajstić information content (AvgIpc) is 2.49. The lowest BCUT2D eigenvalue weighted by Crippen LogP contribution is -2.07. The molecule has 1 aromatic rings. The number of hydrogen-bond donors (Lipinski definition) is 1. The third-order valence-electron chi connectivity index (χ3n) is 4.84. The van der Waals surface area contributed by atoms with Crippen LogP contribution in [0.2, 0.25) is 0 Å². The highest BCUT2D eigenvalue weighted by atomic mass is 32.2. The molecule has 0 saturated carbocycles. The monoisotopic (exact) mass is 354 g/mol. The van der Waals surface area contributed by atoms with Gasteiger partial charge < -0.3 is 0 Å². The normalized spacial score (nSPS) is 13.2. The Bertz CT molecular complexity index is 606. The number of rotatable bonds is 11. The Hall–Kier alpha value is -0.870. The maximum Gasteiger partial charge on any atom is 0.294 e. The van der Waals surface area contributed by atoms with Crippen LogP contribution in [0.3, 0.4) is 0 Å². The van der Waals surface area contributed by atoms with Gasteiger partial charge in [0, 0.05) is 0 Å². The van der Waals surface area contributed by atoms with Crippen molar-refractivity contribution in [2.24, 2.45) is 0 Å². The third-order valence-corrected chi connectivity index (χ3v) is 5.84. The van der Waals surface area contributed by atoms with Crippen LogP contribution in [-0.2, 0) is 10.1 Å². The minimum absolute atomic E-state index is 0.0654. The molecule has 0 spiro atoms. The van der Waals surface area contributed by atoms with Gasteiger partial charge in [-0.2, -0.15) is 8.42 Å². The van der Waals surface area contributed by atoms with E-state index < -0.39 is 10.1 Å². The lowest BCUT2D eigenvalue weighted by molar-refractivity contribution is 0.480. The van der Waals surface area contributed by atoms with E-state index in [0.29, 0.717) is 11.5 Å². The smallest absolute Gasteiger partial charge is 0.282 e. The molecular weight excluding hydrogens is 320 g/mol. The SMILES string of the molecule is CCCCCCCC(CCCC)c1cc(S(=O)(=O)O)c(C)cc1C. The Balaban J connectivity index is 2.99. The Morgan fingerprint density at radius 3 is 2.04 bits per heavy atom. The molecule has 0 radical (unpaired) electrons. The largest absolute Gasteiger partial charge is 0.294 e. The second kappa shape index (κ2) is 10.2. The maximum absolute atomic E-state index is 11.6. The molecule has 138 valence electrons. The number of benzene rings is 1. The summed E-state index contributed by atoms with van der Waals surface area (Å²) in [6, 6.07) is 3.61. The summed E-state index contributed by atoms with van der Waals surface area (Å²) >= 11 is 0. The summed E-state index contributed by atoms with van der Waals surface area (Å²) in [6.45, 7) is 8.19. The third kappa shape index (κ3) is 6.56. The Morgan fingerprint density at radius 2 is 1.46 bits per heavy atom. The zero-order valence-electron chi connectivity index (χ0n) is 15.8. The van der Waals surface area contributed by atoms with E-state index in [1.54, 1.807) is 13.0 Å². The molecule has 24 heavy (non-hydrogen) atoms. The zero-order chi connectivity index (χ0) is 18.2. The first-order valence-corrected chi connectivity index (χ1v) is 10.8. The molecule has 0 aliphatic carbocycles. The Labute approximate surface area is 148 Å². The van der Waals surface area contributed by atoms with Crippen LogP contribution in [0.4, 0.5) is 0 Å². The van der Waals surface area contributed by atoms with Crippen LogP contribution in [0, 0.1) is 13.8 Å². The molecule has 0 aliphatic rings. The van der Waals surface area contributed by atoms with Crippen molar-refractivity contribution in [3.05, 3.63) is 28.8 Å². The van der Waals surface area contributed by atoms with Crippen LogP contribution in [0.25, 0.3) is 0 Å². The molecule has 1 atom stereocenters. The molecule has 0 heterocycles. The van der Waals surface area contributed by atoms with Gasteiger partial charge in [-0.25, -0.2) is 0 Å². The topological polar surface area (TPSA) is 54.4 Å². The molecule has 0 aromatic heterocycles. The summed E-state index contributed by atoms with van der Waals surface area (Å²) in [5, 5.41) is 0. The number of aryl methyl sites for hydroxylation is 2. The molecule has 0 fully saturated rings. The van der Waals surface area contributed by atoms with Crippen LogP contribution in [0.5, 0.6) is 0 Å². The predicted octanol–water partition coefficient (Wildman–Crippen LogP) is 6.18. The highest BCUT2D eigenvalue weighted by molar-refractivity contribution is 7.85. The van der Waals surface area contributed by atoms with E-state index in [1.807, 2.05) is 13.0 Å². The maximum atomic E-state index is 11.6. The second-order valence-electron chi connectivity index (χ2n) is 6.99. The fourth-order valence-corrected chi connectivity index (χ4v) is 4.21. The van der Waals surface area contributed by atoms with Crippen molar-refractivity contribution in [1.29, 1.82) is 0 Å². The predicted molar refractivity (Wildman–Crippen MR) is 101 cm³/mol. The summed E-state index contributed by atoms with van der Waals surface area (Å²) in [5.74, 6) is 0.382. The van der Waals surface area contributed by atoms with Crippen molar-refractivity contribution in [2.75, 3.05) is 0 Å². The minimum atomic E-state index is -4.16. The summed E-state index contributed by atoms with van der Waals surface area (Å²) in [6.07, 6.45) is 10.7. The van der Waals surface area contributed by atoms with E-state index in [-0.39, 0.29) is 4.90 Å². The zero-order valence-corrected chi connectivity index (χ0v) is 16.6. The van der Waals surface area contributed by atoms with Crippen LogP contribution in [-0.4, -0.2) is 13.0 Å². The highest BCUT2D eigenvalue weighted by Crippen LogP contribution is 2.33. The fraction of sp³-hybridized carbons (Fsp3) is 0.700. The summed E-state index contributed by atoms with van der Waals surface area (Å²) in [7, 11) is -4.16. The van der Waals surface area contributed by atoms with Crippen molar-refractivity contribution in [1.82, 2.24) is 0 Å². The van der Waals surface area contributed by atoms with Gasteiger partial charge in [-0.3, -0.25) is 4.55 Å². The lowest BCUT2D eigenvalue weighted by Gasteiger charge is -2.21. The molecule has 3 nitrogen and oxygen atoms in total. The van der Waals surface area contributed by atoms with Crippen LogP contribution in [0.15, 0.2) is 17.0 Å². The molecule has 0 saturated heterocycles. The van der Waals surface area contributed by atoms with Gasteiger partial charge in [0.25, 0.3) is 10.1 Å². The first kappa shape index (κ1) is 21.2. The second-order valence-corrected chi connectivity index (χ2v) is 8.38. The van der Waals surface area contributed by atoms with E-state index in [4.69, 9.17) is 0 Å². The summed E-state index contributed by atoms with van der Waals surface area (Å²) < 4.78 is 32.8. The van der Waals surface area contributed by atoms with Gasteiger partial charge in [-0.15, -0.1) is 0 Å². The average molecular weight is 355 g/mol. The van der Waals surface area contributed by atoms with Crippen molar-refractivity contribution in [3.8, 4) is 0 Å². The minimum Gasteiger partial charge on any atom is -0.282 e. The molecular formula is C20H34O3S. The quantitative estimate of drug-likeness (QED) is 0.381. The molecule has 1 aromatic carbocycles. The summed E-state index contributed by atoms with van der Waals surface area (Å²) in [4.78, 5) is 0.0654. The van der Waals surface area contributed by atoms with E-state index >= 15 is 0 Å². The van der Waals surface area contributed by atoms with Crippen molar-refractivity contribution < 1.29 is 13.0 Å².